The first kappa shape index (κ1) is 30.3. The van der Waals surface area contributed by atoms with Crippen LogP contribution in [0.4, 0.5) is 0 Å². The van der Waals surface area contributed by atoms with E-state index in [1.165, 1.54) is 55.5 Å². The smallest absolute Gasteiger partial charge is 0.143 e. The Bertz CT molecular complexity index is 3130. The highest BCUT2D eigenvalue weighted by Gasteiger charge is 2.46. The van der Waals surface area contributed by atoms with Crippen molar-refractivity contribution in [2.45, 2.75) is 5.41 Å². The fourth-order valence-electron chi connectivity index (χ4n) is 9.64. The number of fused-ring (bicyclic) bond motifs is 8. The first-order chi connectivity index (χ1) is 27.3. The molecule has 0 radical (unpaired) electrons. The molecule has 0 N–H and O–H groups in total. The Kier molecular flexibility index (Phi) is 6.29. The van der Waals surface area contributed by atoms with Crippen LogP contribution in [0.2, 0.25) is 0 Å². The fourth-order valence-corrected chi connectivity index (χ4v) is 9.64. The van der Waals surface area contributed by atoms with Gasteiger partial charge in [0.15, 0.2) is 0 Å². The highest BCUT2D eigenvalue weighted by Crippen LogP contribution is 2.57. The van der Waals surface area contributed by atoms with Crippen molar-refractivity contribution in [3.05, 3.63) is 216 Å². The van der Waals surface area contributed by atoms with Crippen LogP contribution in [0.15, 0.2) is 199 Å². The first-order valence-electron chi connectivity index (χ1n) is 18.9. The molecule has 2 heteroatoms. The minimum Gasteiger partial charge on any atom is -0.456 e. The molecule has 0 fully saturated rings. The number of hydrogen-bond acceptors (Lipinski definition) is 2. The van der Waals surface area contributed by atoms with Gasteiger partial charge in [-0.05, 0) is 91.4 Å². The second-order valence-corrected chi connectivity index (χ2v) is 14.7. The largest absolute Gasteiger partial charge is 0.456 e. The molecule has 256 valence electrons. The van der Waals surface area contributed by atoms with Gasteiger partial charge in [0.05, 0.1) is 5.41 Å². The van der Waals surface area contributed by atoms with Gasteiger partial charge in [0.1, 0.15) is 22.7 Å². The van der Waals surface area contributed by atoms with Crippen molar-refractivity contribution in [3.8, 4) is 56.0 Å². The summed E-state index contributed by atoms with van der Waals surface area (Å²) in [5.41, 5.74) is 15.8. The normalized spacial score (nSPS) is 13.4. The minimum absolute atomic E-state index is 0.460. The molecule has 9 aromatic carbocycles. The van der Waals surface area contributed by atoms with E-state index in [2.05, 4.69) is 182 Å². The molecule has 55 heavy (non-hydrogen) atoms. The van der Waals surface area contributed by atoms with E-state index in [0.29, 0.717) is 0 Å². The lowest BCUT2D eigenvalue weighted by Crippen LogP contribution is -2.28. The Hall–Kier alpha value is -7.16. The van der Waals surface area contributed by atoms with Crippen molar-refractivity contribution in [2.75, 3.05) is 0 Å². The molecule has 1 aromatic heterocycles. The molecule has 0 saturated heterocycles. The van der Waals surface area contributed by atoms with Gasteiger partial charge in [0.2, 0.25) is 0 Å². The average molecular weight is 701 g/mol. The van der Waals surface area contributed by atoms with Crippen LogP contribution in [0.1, 0.15) is 22.3 Å². The number of para-hydroxylation sites is 2. The molecule has 0 amide bonds. The van der Waals surface area contributed by atoms with Crippen molar-refractivity contribution in [1.82, 2.24) is 0 Å². The molecule has 2 heterocycles. The number of rotatable bonds is 4. The zero-order chi connectivity index (χ0) is 36.1. The maximum atomic E-state index is 6.71. The highest BCUT2D eigenvalue weighted by molar-refractivity contribution is 6.12. The van der Waals surface area contributed by atoms with E-state index >= 15 is 0 Å². The van der Waals surface area contributed by atoms with Crippen LogP contribution in [0.25, 0.3) is 77.2 Å². The number of ether oxygens (including phenoxy) is 1. The molecule has 1 aliphatic carbocycles. The summed E-state index contributed by atoms with van der Waals surface area (Å²) in [5.74, 6) is 1.74. The van der Waals surface area contributed by atoms with Crippen LogP contribution >= 0.6 is 0 Å². The summed E-state index contributed by atoms with van der Waals surface area (Å²) in [6.07, 6.45) is 0. The molecule has 10 aromatic rings. The zero-order valence-corrected chi connectivity index (χ0v) is 29.8. The van der Waals surface area contributed by atoms with Crippen molar-refractivity contribution < 1.29 is 9.15 Å². The zero-order valence-electron chi connectivity index (χ0n) is 29.8. The topological polar surface area (TPSA) is 22.4 Å². The van der Waals surface area contributed by atoms with Crippen molar-refractivity contribution in [2.24, 2.45) is 0 Å². The van der Waals surface area contributed by atoms with E-state index in [4.69, 9.17) is 9.15 Å². The fraction of sp³-hybridized carbons (Fsp3) is 0.0189. The number of hydrogen-bond donors (Lipinski definition) is 0. The molecule has 0 unspecified atom stereocenters. The molecule has 0 bridgehead atoms. The Balaban J connectivity index is 1.05. The van der Waals surface area contributed by atoms with Crippen molar-refractivity contribution in [1.29, 1.82) is 0 Å². The summed E-state index contributed by atoms with van der Waals surface area (Å²) in [7, 11) is 0. The summed E-state index contributed by atoms with van der Waals surface area (Å²) in [4.78, 5) is 0. The SMILES string of the molecule is c1ccc(C2(c3ccccc3)c3ccccc3-c3ccc(-c4ccc5c6c(cccc46)-c4cc(-c6cccc7c6oc6ccccc67)ccc4O5)cc32)cc1. The first-order valence-corrected chi connectivity index (χ1v) is 18.9. The van der Waals surface area contributed by atoms with Crippen LogP contribution in [-0.2, 0) is 5.41 Å². The standard InChI is InChI=1S/C53H32O2/c1-3-13-35(14-4-1)53(36-15-5-2-6-16-36)46-23-9-7-17-39(46)40-27-25-34(32-47(40)53)37-28-30-50-51-42(37)20-12-21-43(51)45-31-33(26-29-49(45)54-50)38-19-11-22-44-41-18-8-10-24-48(41)55-52(38)44/h1-32H. The van der Waals surface area contributed by atoms with Crippen LogP contribution in [0, 0.1) is 0 Å². The molecule has 0 atom stereocenters. The van der Waals surface area contributed by atoms with Gasteiger partial charge in [0.25, 0.3) is 0 Å². The predicted molar refractivity (Wildman–Crippen MR) is 225 cm³/mol. The molecule has 0 saturated carbocycles. The van der Waals surface area contributed by atoms with E-state index in [1.54, 1.807) is 0 Å². The summed E-state index contributed by atoms with van der Waals surface area (Å²) in [6.45, 7) is 0. The molecular weight excluding hydrogens is 669 g/mol. The molecule has 2 nitrogen and oxygen atoms in total. The van der Waals surface area contributed by atoms with Gasteiger partial charge < -0.3 is 9.15 Å². The number of furan rings is 1. The molecule has 0 spiro atoms. The van der Waals surface area contributed by atoms with Gasteiger partial charge in [-0.3, -0.25) is 0 Å². The Morgan fingerprint density at radius 2 is 0.945 bits per heavy atom. The molecular formula is C53H32O2. The predicted octanol–water partition coefficient (Wildman–Crippen LogP) is 14.2. The quantitative estimate of drug-likeness (QED) is 0.182. The summed E-state index contributed by atoms with van der Waals surface area (Å²) < 4.78 is 13.2. The van der Waals surface area contributed by atoms with Gasteiger partial charge in [-0.2, -0.15) is 0 Å². The Labute approximate surface area is 318 Å². The lowest BCUT2D eigenvalue weighted by molar-refractivity contribution is 0.487. The monoisotopic (exact) mass is 700 g/mol. The van der Waals surface area contributed by atoms with Crippen LogP contribution in [-0.4, -0.2) is 0 Å². The number of benzene rings is 9. The molecule has 2 aliphatic rings. The third-order valence-corrected chi connectivity index (χ3v) is 12.0. The van der Waals surface area contributed by atoms with Crippen molar-refractivity contribution in [3.63, 3.8) is 0 Å². The van der Waals surface area contributed by atoms with E-state index in [-0.39, 0.29) is 0 Å². The highest BCUT2D eigenvalue weighted by atomic mass is 16.5. The molecule has 1 aliphatic heterocycles. The van der Waals surface area contributed by atoms with Crippen LogP contribution in [0.3, 0.4) is 0 Å². The van der Waals surface area contributed by atoms with E-state index in [0.717, 1.165) is 55.5 Å². The molecule has 12 rings (SSSR count). The second-order valence-electron chi connectivity index (χ2n) is 14.7. The summed E-state index contributed by atoms with van der Waals surface area (Å²) in [6, 6.07) is 70.3. The van der Waals surface area contributed by atoms with E-state index < -0.39 is 5.41 Å². The third-order valence-electron chi connectivity index (χ3n) is 12.0. The second kappa shape index (κ2) is 11.4. The maximum absolute atomic E-state index is 6.71. The van der Waals surface area contributed by atoms with Crippen molar-refractivity contribution >= 4 is 32.7 Å². The van der Waals surface area contributed by atoms with Gasteiger partial charge in [0, 0.05) is 27.3 Å². The summed E-state index contributed by atoms with van der Waals surface area (Å²) in [5, 5.41) is 4.56. The lowest BCUT2D eigenvalue weighted by atomic mass is 9.67. The maximum Gasteiger partial charge on any atom is 0.143 e. The van der Waals surface area contributed by atoms with Gasteiger partial charge in [-0.25, -0.2) is 0 Å². The van der Waals surface area contributed by atoms with Gasteiger partial charge in [-0.15, -0.1) is 0 Å². The third kappa shape index (κ3) is 4.19. The average Bonchev–Trinajstić information content (AvgIpc) is 3.78. The van der Waals surface area contributed by atoms with Crippen LogP contribution < -0.4 is 4.74 Å². The lowest BCUT2D eigenvalue weighted by Gasteiger charge is -2.34. The minimum atomic E-state index is -0.460. The Morgan fingerprint density at radius 3 is 1.78 bits per heavy atom. The van der Waals surface area contributed by atoms with E-state index in [9.17, 15) is 0 Å². The Morgan fingerprint density at radius 1 is 0.345 bits per heavy atom. The summed E-state index contributed by atoms with van der Waals surface area (Å²) >= 11 is 0. The van der Waals surface area contributed by atoms with Crippen LogP contribution in [0.5, 0.6) is 11.5 Å². The van der Waals surface area contributed by atoms with E-state index in [1.807, 2.05) is 12.1 Å². The van der Waals surface area contributed by atoms with Gasteiger partial charge in [-0.1, -0.05) is 164 Å². The van der Waals surface area contributed by atoms with Gasteiger partial charge >= 0.3 is 0 Å².